The van der Waals surface area contributed by atoms with Crippen LogP contribution >= 0.6 is 0 Å². The zero-order valence-electron chi connectivity index (χ0n) is 12.1. The first-order valence-electron chi connectivity index (χ1n) is 7.42. The van der Waals surface area contributed by atoms with E-state index in [0.29, 0.717) is 32.5 Å². The topological polar surface area (TPSA) is 67.9 Å². The zero-order valence-corrected chi connectivity index (χ0v) is 12.1. The monoisotopic (exact) mass is 284 g/mol. The van der Waals surface area contributed by atoms with Crippen molar-refractivity contribution in [3.05, 3.63) is 0 Å². The molecule has 2 amide bonds. The lowest BCUT2D eigenvalue weighted by Crippen LogP contribution is -2.40. The van der Waals surface area contributed by atoms with Gasteiger partial charge in [0, 0.05) is 38.8 Å². The van der Waals surface area contributed by atoms with Crippen LogP contribution in [-0.2, 0) is 19.1 Å². The predicted molar refractivity (Wildman–Crippen MR) is 73.2 cm³/mol. The molecule has 1 atom stereocenters. The van der Waals surface area contributed by atoms with Crippen LogP contribution in [0.2, 0.25) is 0 Å². The molecule has 6 heteroatoms. The minimum Gasteiger partial charge on any atom is -0.381 e. The molecule has 1 unspecified atom stereocenters. The lowest BCUT2D eigenvalue weighted by atomic mass is 10.1. The summed E-state index contributed by atoms with van der Waals surface area (Å²) in [4.78, 5) is 25.4. The predicted octanol–water partition coefficient (Wildman–Crippen LogP) is 0.309. The number of rotatable bonds is 4. The molecule has 2 fully saturated rings. The molecule has 2 heterocycles. The number of carbonyl (C=O) groups excluding carboxylic acids is 2. The summed E-state index contributed by atoms with van der Waals surface area (Å²) in [6, 6.07) is -0.0342. The summed E-state index contributed by atoms with van der Waals surface area (Å²) < 4.78 is 11.0. The van der Waals surface area contributed by atoms with E-state index in [1.54, 1.807) is 4.90 Å². The number of nitrogens with one attached hydrogen (secondary N) is 1. The molecule has 0 bridgehead atoms. The van der Waals surface area contributed by atoms with Crippen LogP contribution in [0.3, 0.4) is 0 Å². The summed E-state index contributed by atoms with van der Waals surface area (Å²) in [5.41, 5.74) is 0. The minimum absolute atomic E-state index is 0.0197. The highest BCUT2D eigenvalue weighted by atomic mass is 16.5. The summed E-state index contributed by atoms with van der Waals surface area (Å²) in [7, 11) is 0. The lowest BCUT2D eigenvalue weighted by Gasteiger charge is -2.27. The quantitative estimate of drug-likeness (QED) is 0.807. The summed E-state index contributed by atoms with van der Waals surface area (Å²) in [5.74, 6) is 0.0901. The van der Waals surface area contributed by atoms with Gasteiger partial charge in [-0.2, -0.15) is 0 Å². The first-order valence-corrected chi connectivity index (χ1v) is 7.42. The molecule has 2 aliphatic heterocycles. The Morgan fingerprint density at radius 3 is 2.95 bits per heavy atom. The fraction of sp³-hybridized carbons (Fsp3) is 0.857. The molecule has 2 rings (SSSR count). The van der Waals surface area contributed by atoms with Gasteiger partial charge < -0.3 is 19.7 Å². The van der Waals surface area contributed by atoms with E-state index in [9.17, 15) is 9.59 Å². The number of hydrogen-bond acceptors (Lipinski definition) is 4. The van der Waals surface area contributed by atoms with Gasteiger partial charge in [0.2, 0.25) is 11.8 Å². The fourth-order valence-electron chi connectivity index (χ4n) is 2.66. The third kappa shape index (κ3) is 4.45. The van der Waals surface area contributed by atoms with Crippen molar-refractivity contribution in [2.45, 2.75) is 44.8 Å². The molecular formula is C14H24N2O4. The van der Waals surface area contributed by atoms with Gasteiger partial charge in [-0.25, -0.2) is 0 Å². The largest absolute Gasteiger partial charge is 0.381 e. The molecule has 20 heavy (non-hydrogen) atoms. The summed E-state index contributed by atoms with van der Waals surface area (Å²) in [6.45, 7) is 4.99. The van der Waals surface area contributed by atoms with Gasteiger partial charge in [-0.3, -0.25) is 9.59 Å². The first kappa shape index (κ1) is 15.3. The van der Waals surface area contributed by atoms with Crippen molar-refractivity contribution in [2.24, 2.45) is 0 Å². The Labute approximate surface area is 119 Å². The van der Waals surface area contributed by atoms with E-state index in [2.05, 4.69) is 5.32 Å². The van der Waals surface area contributed by atoms with E-state index in [1.165, 1.54) is 0 Å². The van der Waals surface area contributed by atoms with Crippen LogP contribution in [-0.4, -0.2) is 61.8 Å². The van der Waals surface area contributed by atoms with Gasteiger partial charge in [-0.15, -0.1) is 0 Å². The maximum absolute atomic E-state index is 12.2. The third-order valence-electron chi connectivity index (χ3n) is 3.85. The molecule has 0 radical (unpaired) electrons. The number of hydrogen-bond donors (Lipinski definition) is 1. The van der Waals surface area contributed by atoms with Crippen molar-refractivity contribution in [3.8, 4) is 0 Å². The number of ether oxygens (including phenoxy) is 2. The van der Waals surface area contributed by atoms with E-state index < -0.39 is 0 Å². The van der Waals surface area contributed by atoms with E-state index in [1.807, 2.05) is 6.92 Å². The van der Waals surface area contributed by atoms with Crippen molar-refractivity contribution in [3.63, 3.8) is 0 Å². The van der Waals surface area contributed by atoms with Crippen LogP contribution in [0.5, 0.6) is 0 Å². The van der Waals surface area contributed by atoms with Crippen LogP contribution in [0.15, 0.2) is 0 Å². The molecule has 6 nitrogen and oxygen atoms in total. The van der Waals surface area contributed by atoms with Crippen LogP contribution in [0, 0.1) is 0 Å². The number of nitrogens with zero attached hydrogens (tertiary/aromatic N) is 1. The smallest absolute Gasteiger partial charge is 0.225 e. The van der Waals surface area contributed by atoms with Gasteiger partial charge in [0.15, 0.2) is 0 Å². The van der Waals surface area contributed by atoms with Crippen LogP contribution < -0.4 is 5.32 Å². The van der Waals surface area contributed by atoms with Crippen molar-refractivity contribution in [2.75, 3.05) is 32.9 Å². The molecule has 0 aromatic rings. The Balaban J connectivity index is 1.71. The van der Waals surface area contributed by atoms with E-state index in [4.69, 9.17) is 9.47 Å². The zero-order chi connectivity index (χ0) is 14.4. The Kier molecular flexibility index (Phi) is 5.79. The lowest BCUT2D eigenvalue weighted by molar-refractivity contribution is -0.135. The second-order valence-electron chi connectivity index (χ2n) is 5.42. The molecule has 0 aromatic carbocycles. The fourth-order valence-corrected chi connectivity index (χ4v) is 2.66. The van der Waals surface area contributed by atoms with Crippen molar-refractivity contribution < 1.29 is 19.1 Å². The molecule has 0 saturated carbocycles. The van der Waals surface area contributed by atoms with Gasteiger partial charge in [0.1, 0.15) is 0 Å². The number of carbonyl (C=O) groups is 2. The molecular weight excluding hydrogens is 260 g/mol. The van der Waals surface area contributed by atoms with Crippen LogP contribution in [0.25, 0.3) is 0 Å². The van der Waals surface area contributed by atoms with Gasteiger partial charge in [-0.05, 0) is 19.8 Å². The number of amides is 2. The minimum atomic E-state index is -0.0342. The maximum atomic E-state index is 12.2. The van der Waals surface area contributed by atoms with Crippen molar-refractivity contribution >= 4 is 11.8 Å². The van der Waals surface area contributed by atoms with Gasteiger partial charge in [0.05, 0.1) is 19.1 Å². The van der Waals surface area contributed by atoms with E-state index in [-0.39, 0.29) is 24.0 Å². The molecule has 0 aliphatic carbocycles. The average Bonchev–Trinajstić information content (AvgIpc) is 2.60. The Bertz CT molecular complexity index is 342. The standard InChI is InChI=1S/C14H24N2O4/c1-11-10-13(17)15-5-6-16(11)14(18)4-9-20-12-2-7-19-8-3-12/h11-12H,2-10H2,1H3,(H,15,17). The van der Waals surface area contributed by atoms with Crippen LogP contribution in [0.4, 0.5) is 0 Å². The summed E-state index contributed by atoms with van der Waals surface area (Å²) >= 11 is 0. The average molecular weight is 284 g/mol. The summed E-state index contributed by atoms with van der Waals surface area (Å²) in [5, 5.41) is 2.79. The SMILES string of the molecule is CC1CC(=O)NCCN1C(=O)CCOC1CCOCC1. The molecule has 0 spiro atoms. The molecule has 1 N–H and O–H groups in total. The van der Waals surface area contributed by atoms with Gasteiger partial charge in [0.25, 0.3) is 0 Å². The Hall–Kier alpha value is -1.14. The normalized spacial score (nSPS) is 25.1. The second-order valence-corrected chi connectivity index (χ2v) is 5.42. The van der Waals surface area contributed by atoms with Gasteiger partial charge >= 0.3 is 0 Å². The molecule has 2 saturated heterocycles. The molecule has 2 aliphatic rings. The Morgan fingerprint density at radius 2 is 2.20 bits per heavy atom. The maximum Gasteiger partial charge on any atom is 0.225 e. The Morgan fingerprint density at radius 1 is 1.45 bits per heavy atom. The summed E-state index contributed by atoms with van der Waals surface area (Å²) in [6.07, 6.45) is 2.81. The third-order valence-corrected chi connectivity index (χ3v) is 3.85. The molecule has 114 valence electrons. The van der Waals surface area contributed by atoms with E-state index >= 15 is 0 Å². The van der Waals surface area contributed by atoms with Gasteiger partial charge in [-0.1, -0.05) is 0 Å². The second kappa shape index (κ2) is 7.59. The highest BCUT2D eigenvalue weighted by Gasteiger charge is 2.25. The highest BCUT2D eigenvalue weighted by Crippen LogP contribution is 2.12. The first-order chi connectivity index (χ1) is 9.66. The van der Waals surface area contributed by atoms with Crippen molar-refractivity contribution in [1.82, 2.24) is 10.2 Å². The van der Waals surface area contributed by atoms with E-state index in [0.717, 1.165) is 26.1 Å². The highest BCUT2D eigenvalue weighted by molar-refractivity contribution is 5.80. The van der Waals surface area contributed by atoms with Crippen molar-refractivity contribution in [1.29, 1.82) is 0 Å². The molecule has 0 aromatic heterocycles. The van der Waals surface area contributed by atoms with Crippen LogP contribution in [0.1, 0.15) is 32.6 Å².